The van der Waals surface area contributed by atoms with E-state index in [9.17, 15) is 4.79 Å². The zero-order valence-electron chi connectivity index (χ0n) is 7.86. The second kappa shape index (κ2) is 3.32. The third-order valence-electron chi connectivity index (χ3n) is 2.68. The molecule has 2 rings (SSSR count). The largest absolute Gasteiger partial charge is 0.337 e. The Morgan fingerprint density at radius 2 is 2.54 bits per heavy atom. The number of nitrogens with zero attached hydrogens (tertiary/aromatic N) is 2. The van der Waals surface area contributed by atoms with E-state index in [1.165, 1.54) is 0 Å². The molecular formula is C10H14N2O. The molecule has 0 amide bonds. The number of carbonyl (C=O) groups excluding carboxylic acids is 1. The Morgan fingerprint density at radius 1 is 1.69 bits per heavy atom. The molecule has 1 saturated carbocycles. The van der Waals surface area contributed by atoms with Gasteiger partial charge in [-0.3, -0.25) is 4.79 Å². The molecule has 1 atom stereocenters. The van der Waals surface area contributed by atoms with Crippen LogP contribution in [-0.2, 0) is 11.3 Å². The molecule has 0 aromatic carbocycles. The molecule has 3 nitrogen and oxygen atoms in total. The van der Waals surface area contributed by atoms with Gasteiger partial charge in [-0.05, 0) is 19.8 Å². The van der Waals surface area contributed by atoms with Crippen molar-refractivity contribution < 1.29 is 4.79 Å². The summed E-state index contributed by atoms with van der Waals surface area (Å²) < 4.78 is 2.01. The number of ketones is 1. The number of rotatable bonds is 2. The van der Waals surface area contributed by atoms with Gasteiger partial charge in [-0.2, -0.15) is 0 Å². The maximum absolute atomic E-state index is 11.4. The van der Waals surface area contributed by atoms with Crippen molar-refractivity contribution in [1.29, 1.82) is 0 Å². The molecule has 13 heavy (non-hydrogen) atoms. The fraction of sp³-hybridized carbons (Fsp3) is 0.600. The lowest BCUT2D eigenvalue weighted by molar-refractivity contribution is -0.118. The average molecular weight is 178 g/mol. The summed E-state index contributed by atoms with van der Waals surface area (Å²) in [5, 5.41) is 0. The van der Waals surface area contributed by atoms with Crippen LogP contribution in [0.5, 0.6) is 0 Å². The van der Waals surface area contributed by atoms with Gasteiger partial charge in [0.05, 0.1) is 17.9 Å². The molecule has 70 valence electrons. The molecule has 0 bridgehead atoms. The molecular weight excluding hydrogens is 164 g/mol. The summed E-state index contributed by atoms with van der Waals surface area (Å²) in [6.07, 6.45) is 6.56. The lowest BCUT2D eigenvalue weighted by Gasteiger charge is -2.01. The van der Waals surface area contributed by atoms with Crippen molar-refractivity contribution in [3.05, 3.63) is 18.2 Å². The summed E-state index contributed by atoms with van der Waals surface area (Å²) in [5.74, 6) is 0.453. The second-order valence-corrected chi connectivity index (χ2v) is 3.54. The zero-order chi connectivity index (χ0) is 9.26. The van der Waals surface area contributed by atoms with E-state index in [0.29, 0.717) is 5.78 Å². The third-order valence-corrected chi connectivity index (χ3v) is 2.68. The molecule has 0 spiro atoms. The van der Waals surface area contributed by atoms with Crippen LogP contribution in [0.4, 0.5) is 0 Å². The highest BCUT2D eigenvalue weighted by Crippen LogP contribution is 2.29. The highest BCUT2D eigenvalue weighted by Gasteiger charge is 2.27. The minimum atomic E-state index is 0.0906. The van der Waals surface area contributed by atoms with E-state index < -0.39 is 0 Å². The molecule has 0 aliphatic heterocycles. The van der Waals surface area contributed by atoms with Crippen molar-refractivity contribution in [2.45, 2.75) is 38.6 Å². The van der Waals surface area contributed by atoms with Crippen LogP contribution in [0, 0.1) is 0 Å². The van der Waals surface area contributed by atoms with Crippen molar-refractivity contribution in [1.82, 2.24) is 9.55 Å². The van der Waals surface area contributed by atoms with Crippen LogP contribution in [0.25, 0.3) is 0 Å². The minimum absolute atomic E-state index is 0.0906. The Hall–Kier alpha value is -1.12. The number of imidazole rings is 1. The van der Waals surface area contributed by atoms with Gasteiger partial charge in [0.25, 0.3) is 0 Å². The Kier molecular flexibility index (Phi) is 2.17. The van der Waals surface area contributed by atoms with E-state index in [-0.39, 0.29) is 5.92 Å². The molecule has 1 aliphatic rings. The SMILES string of the molecule is CCn1cnc(C2CCCC2=O)c1. The summed E-state index contributed by atoms with van der Waals surface area (Å²) in [7, 11) is 0. The van der Waals surface area contributed by atoms with E-state index in [0.717, 1.165) is 31.5 Å². The lowest BCUT2D eigenvalue weighted by atomic mass is 10.0. The van der Waals surface area contributed by atoms with Gasteiger partial charge in [-0.1, -0.05) is 0 Å². The summed E-state index contributed by atoms with van der Waals surface area (Å²) in [6, 6.07) is 0. The molecule has 1 heterocycles. The van der Waals surface area contributed by atoms with Gasteiger partial charge in [0.2, 0.25) is 0 Å². The predicted octanol–water partition coefficient (Wildman–Crippen LogP) is 1.74. The van der Waals surface area contributed by atoms with Crippen molar-refractivity contribution in [3.8, 4) is 0 Å². The number of aromatic nitrogens is 2. The van der Waals surface area contributed by atoms with Crippen LogP contribution in [0.2, 0.25) is 0 Å². The van der Waals surface area contributed by atoms with Crippen LogP contribution in [0.1, 0.15) is 37.8 Å². The Bertz CT molecular complexity index is 316. The third kappa shape index (κ3) is 1.50. The zero-order valence-corrected chi connectivity index (χ0v) is 7.86. The molecule has 1 unspecified atom stereocenters. The van der Waals surface area contributed by atoms with Crippen molar-refractivity contribution in [2.24, 2.45) is 0 Å². The van der Waals surface area contributed by atoms with E-state index >= 15 is 0 Å². The number of hydrogen-bond acceptors (Lipinski definition) is 2. The Morgan fingerprint density at radius 3 is 3.08 bits per heavy atom. The van der Waals surface area contributed by atoms with Crippen LogP contribution in [0.15, 0.2) is 12.5 Å². The van der Waals surface area contributed by atoms with Crippen LogP contribution < -0.4 is 0 Å². The summed E-state index contributed by atoms with van der Waals surface area (Å²) >= 11 is 0. The van der Waals surface area contributed by atoms with E-state index in [2.05, 4.69) is 11.9 Å². The van der Waals surface area contributed by atoms with Crippen LogP contribution in [0.3, 0.4) is 0 Å². The van der Waals surface area contributed by atoms with E-state index in [1.54, 1.807) is 6.33 Å². The quantitative estimate of drug-likeness (QED) is 0.691. The minimum Gasteiger partial charge on any atom is -0.337 e. The maximum Gasteiger partial charge on any atom is 0.141 e. The van der Waals surface area contributed by atoms with E-state index in [4.69, 9.17) is 0 Å². The normalized spacial score (nSPS) is 22.5. The Labute approximate surface area is 77.8 Å². The average Bonchev–Trinajstić information content (AvgIpc) is 2.71. The van der Waals surface area contributed by atoms with Gasteiger partial charge in [-0.15, -0.1) is 0 Å². The first-order valence-electron chi connectivity index (χ1n) is 4.85. The first-order chi connectivity index (χ1) is 6.31. The topological polar surface area (TPSA) is 34.9 Å². The monoisotopic (exact) mass is 178 g/mol. The molecule has 1 aromatic rings. The molecule has 1 fully saturated rings. The van der Waals surface area contributed by atoms with Gasteiger partial charge in [-0.25, -0.2) is 4.98 Å². The predicted molar refractivity (Wildman–Crippen MR) is 49.5 cm³/mol. The highest BCUT2D eigenvalue weighted by atomic mass is 16.1. The number of hydrogen-bond donors (Lipinski definition) is 0. The summed E-state index contributed by atoms with van der Waals surface area (Å²) in [6.45, 7) is 3.00. The molecule has 0 saturated heterocycles. The maximum atomic E-state index is 11.4. The smallest absolute Gasteiger partial charge is 0.141 e. The van der Waals surface area contributed by atoms with Crippen molar-refractivity contribution in [3.63, 3.8) is 0 Å². The highest BCUT2D eigenvalue weighted by molar-refractivity contribution is 5.87. The molecule has 3 heteroatoms. The van der Waals surface area contributed by atoms with Crippen LogP contribution in [-0.4, -0.2) is 15.3 Å². The standard InChI is InChI=1S/C10H14N2O/c1-2-12-6-9(11-7-12)8-4-3-5-10(8)13/h6-8H,2-5H2,1H3. The van der Waals surface area contributed by atoms with Gasteiger partial charge in [0, 0.05) is 19.2 Å². The first-order valence-corrected chi connectivity index (χ1v) is 4.85. The molecule has 1 aliphatic carbocycles. The lowest BCUT2D eigenvalue weighted by Crippen LogP contribution is -2.04. The number of aryl methyl sites for hydroxylation is 1. The van der Waals surface area contributed by atoms with Crippen LogP contribution >= 0.6 is 0 Å². The molecule has 0 N–H and O–H groups in total. The number of carbonyl (C=O) groups is 1. The first kappa shape index (κ1) is 8.48. The van der Waals surface area contributed by atoms with E-state index in [1.807, 2.05) is 10.8 Å². The van der Waals surface area contributed by atoms with Gasteiger partial charge in [0.1, 0.15) is 5.78 Å². The van der Waals surface area contributed by atoms with Gasteiger partial charge >= 0.3 is 0 Å². The fourth-order valence-electron chi connectivity index (χ4n) is 1.86. The summed E-state index contributed by atoms with van der Waals surface area (Å²) in [4.78, 5) is 15.7. The number of Topliss-reactive ketones (excluding diaryl/α,β-unsaturated/α-hetero) is 1. The Balaban J connectivity index is 2.19. The summed E-state index contributed by atoms with van der Waals surface area (Å²) in [5.41, 5.74) is 0.962. The van der Waals surface area contributed by atoms with Gasteiger partial charge < -0.3 is 4.57 Å². The van der Waals surface area contributed by atoms with Crippen molar-refractivity contribution >= 4 is 5.78 Å². The van der Waals surface area contributed by atoms with Gasteiger partial charge in [0.15, 0.2) is 0 Å². The fourth-order valence-corrected chi connectivity index (χ4v) is 1.86. The molecule has 1 aromatic heterocycles. The molecule has 0 radical (unpaired) electrons. The second-order valence-electron chi connectivity index (χ2n) is 3.54. The van der Waals surface area contributed by atoms with Crippen molar-refractivity contribution in [2.75, 3.05) is 0 Å².